The predicted molar refractivity (Wildman–Crippen MR) is 157 cm³/mol. The van der Waals surface area contributed by atoms with Crippen LogP contribution in [0, 0.1) is 5.82 Å². The summed E-state index contributed by atoms with van der Waals surface area (Å²) in [4.78, 5) is 19.9. The number of nitrogens with zero attached hydrogens (tertiary/aromatic N) is 4. The molecule has 242 valence electrons. The Morgan fingerprint density at radius 3 is 2.49 bits per heavy atom. The highest BCUT2D eigenvalue weighted by atomic mass is 32.2. The molecule has 15 heteroatoms. The highest BCUT2D eigenvalue weighted by Gasteiger charge is 2.41. The number of aromatic nitrogens is 2. The van der Waals surface area contributed by atoms with Crippen LogP contribution < -0.4 is 14.4 Å². The van der Waals surface area contributed by atoms with E-state index in [9.17, 15) is 21.6 Å². The lowest BCUT2D eigenvalue weighted by atomic mass is 9.77. The Morgan fingerprint density at radius 1 is 1.04 bits per heavy atom. The average molecular weight is 652 g/mol. The Kier molecular flexibility index (Phi) is 9.77. The zero-order valence-electron chi connectivity index (χ0n) is 24.2. The standard InChI is InChI=1S/C29H31F4N5O3S.CH2O2/c30-22-16-25-26(17-27(22)42(39,40)36-28-8-9-34-18-35-28)41-13-12-38(25)23-7-6-20(15-24(23)37-10-1-2-11-37)19-4-3-5-21(14-19)29(31,32)33;2-1-3/h3-5,8-9,14,16-18,20,23-24H,1-2,6-7,10-13,15H2,(H,34,35,36);1H,(H,2,3)/t20-,23-,24-;/m0./s1. The number of alkyl halides is 3. The molecule has 3 heterocycles. The molecule has 0 bridgehead atoms. The van der Waals surface area contributed by atoms with Gasteiger partial charge in [0, 0.05) is 30.4 Å². The lowest BCUT2D eigenvalue weighted by Crippen LogP contribution is -2.55. The molecule has 45 heavy (non-hydrogen) atoms. The minimum Gasteiger partial charge on any atom is -0.490 e. The van der Waals surface area contributed by atoms with Crippen molar-refractivity contribution in [3.8, 4) is 5.75 Å². The monoisotopic (exact) mass is 651 g/mol. The van der Waals surface area contributed by atoms with Crippen LogP contribution in [0.2, 0.25) is 0 Å². The molecule has 1 saturated heterocycles. The summed E-state index contributed by atoms with van der Waals surface area (Å²) in [6, 6.07) is 9.40. The lowest BCUT2D eigenvalue weighted by molar-refractivity contribution is -0.137. The third kappa shape index (κ3) is 7.30. The van der Waals surface area contributed by atoms with E-state index >= 15 is 4.39 Å². The maximum Gasteiger partial charge on any atom is 0.416 e. The second-order valence-corrected chi connectivity index (χ2v) is 12.8. The van der Waals surface area contributed by atoms with Crippen LogP contribution in [0.1, 0.15) is 49.1 Å². The van der Waals surface area contributed by atoms with Gasteiger partial charge in [0.05, 0.1) is 17.8 Å². The number of ether oxygens (including phenoxy) is 1. The number of hydrogen-bond donors (Lipinski definition) is 2. The fraction of sp³-hybridized carbons (Fsp3) is 0.433. The third-order valence-electron chi connectivity index (χ3n) is 8.50. The number of benzene rings is 2. The van der Waals surface area contributed by atoms with Gasteiger partial charge in [0.1, 0.15) is 35.2 Å². The van der Waals surface area contributed by atoms with Crippen molar-refractivity contribution in [1.82, 2.24) is 14.9 Å². The van der Waals surface area contributed by atoms with Gasteiger partial charge in [-0.25, -0.2) is 22.8 Å². The van der Waals surface area contributed by atoms with Gasteiger partial charge in [-0.15, -0.1) is 0 Å². The topological polar surface area (TPSA) is 125 Å². The molecule has 1 aliphatic carbocycles. The maximum atomic E-state index is 15.5. The van der Waals surface area contributed by atoms with E-state index in [4.69, 9.17) is 14.6 Å². The minimum atomic E-state index is -4.40. The van der Waals surface area contributed by atoms with E-state index in [2.05, 4.69) is 24.5 Å². The first-order valence-corrected chi connectivity index (χ1v) is 16.0. The van der Waals surface area contributed by atoms with Gasteiger partial charge in [-0.3, -0.25) is 14.4 Å². The van der Waals surface area contributed by atoms with Crippen LogP contribution in [0.4, 0.5) is 29.1 Å². The summed E-state index contributed by atoms with van der Waals surface area (Å²) in [7, 11) is -4.30. The number of carboxylic acid groups (broad SMARTS) is 1. The van der Waals surface area contributed by atoms with Gasteiger partial charge in [-0.05, 0) is 68.8 Å². The van der Waals surface area contributed by atoms with Crippen LogP contribution in [0.3, 0.4) is 0 Å². The first-order valence-electron chi connectivity index (χ1n) is 14.5. The number of fused-ring (bicyclic) bond motifs is 1. The molecule has 10 nitrogen and oxygen atoms in total. The van der Waals surface area contributed by atoms with E-state index in [1.807, 2.05) is 0 Å². The van der Waals surface area contributed by atoms with Crippen molar-refractivity contribution in [1.29, 1.82) is 0 Å². The van der Waals surface area contributed by atoms with E-state index in [1.54, 1.807) is 6.07 Å². The van der Waals surface area contributed by atoms with Gasteiger partial charge in [0.2, 0.25) is 0 Å². The fourth-order valence-corrected chi connectivity index (χ4v) is 7.65. The van der Waals surface area contributed by atoms with Crippen LogP contribution in [0.5, 0.6) is 5.75 Å². The summed E-state index contributed by atoms with van der Waals surface area (Å²) in [6.45, 7) is 2.32. The second-order valence-electron chi connectivity index (χ2n) is 11.1. The Hall–Kier alpha value is -3.98. The number of hydrogen-bond acceptors (Lipinski definition) is 8. The molecule has 0 unspecified atom stereocenters. The van der Waals surface area contributed by atoms with Gasteiger partial charge < -0.3 is 14.7 Å². The van der Waals surface area contributed by atoms with Crippen molar-refractivity contribution < 1.29 is 40.6 Å². The van der Waals surface area contributed by atoms with Gasteiger partial charge in [-0.2, -0.15) is 13.2 Å². The molecular formula is C30H33F4N5O5S. The van der Waals surface area contributed by atoms with Crippen LogP contribution in [-0.4, -0.2) is 73.2 Å². The van der Waals surface area contributed by atoms with Crippen molar-refractivity contribution in [2.45, 2.75) is 61.2 Å². The fourth-order valence-electron chi connectivity index (χ4n) is 6.56. The summed E-state index contributed by atoms with van der Waals surface area (Å²) in [5.41, 5.74) is 0.524. The van der Waals surface area contributed by atoms with Crippen LogP contribution in [0.15, 0.2) is 59.9 Å². The Bertz CT molecular complexity index is 1590. The zero-order valence-corrected chi connectivity index (χ0v) is 25.0. The largest absolute Gasteiger partial charge is 0.490 e. The van der Waals surface area contributed by atoms with Crippen molar-refractivity contribution in [2.24, 2.45) is 0 Å². The molecule has 0 amide bonds. The minimum absolute atomic E-state index is 0.00986. The summed E-state index contributed by atoms with van der Waals surface area (Å²) >= 11 is 0. The number of carbonyl (C=O) groups is 1. The molecule has 2 N–H and O–H groups in total. The highest BCUT2D eigenvalue weighted by Crippen LogP contribution is 2.44. The first-order chi connectivity index (χ1) is 21.5. The van der Waals surface area contributed by atoms with E-state index < -0.39 is 32.5 Å². The Balaban J connectivity index is 0.00000128. The normalized spacial score (nSPS) is 22.0. The third-order valence-corrected chi connectivity index (χ3v) is 9.87. The number of rotatable bonds is 6. The highest BCUT2D eigenvalue weighted by molar-refractivity contribution is 7.92. The van der Waals surface area contributed by atoms with E-state index in [0.29, 0.717) is 37.1 Å². The molecule has 3 aromatic rings. The van der Waals surface area contributed by atoms with Crippen molar-refractivity contribution in [2.75, 3.05) is 35.9 Å². The Morgan fingerprint density at radius 2 is 1.80 bits per heavy atom. The van der Waals surface area contributed by atoms with Gasteiger partial charge in [0.25, 0.3) is 16.5 Å². The smallest absolute Gasteiger partial charge is 0.416 e. The van der Waals surface area contributed by atoms with E-state index in [0.717, 1.165) is 32.0 Å². The number of halogens is 4. The van der Waals surface area contributed by atoms with Crippen LogP contribution >= 0.6 is 0 Å². The van der Waals surface area contributed by atoms with E-state index in [1.165, 1.54) is 42.9 Å². The predicted octanol–water partition coefficient (Wildman–Crippen LogP) is 5.14. The second kappa shape index (κ2) is 13.6. The molecule has 1 saturated carbocycles. The zero-order chi connectivity index (χ0) is 32.2. The first kappa shape index (κ1) is 32.4. The molecule has 2 fully saturated rings. The Labute approximate surface area is 258 Å². The SMILES string of the molecule is O=CO.O=S(=O)(Nc1ccncn1)c1cc2c(cc1F)N([C@H]1CC[C@H](c3cccc(C(F)(F)F)c3)C[C@@H]1N1CCCC1)CCO2. The molecule has 3 aliphatic rings. The summed E-state index contributed by atoms with van der Waals surface area (Å²) < 4.78 is 90.0. The molecule has 2 aliphatic heterocycles. The summed E-state index contributed by atoms with van der Waals surface area (Å²) in [5.74, 6) is -0.672. The summed E-state index contributed by atoms with van der Waals surface area (Å²) in [6.07, 6.45) is 2.29. The number of sulfonamides is 1. The maximum absolute atomic E-state index is 15.5. The average Bonchev–Trinajstić information content (AvgIpc) is 3.56. The van der Waals surface area contributed by atoms with E-state index in [-0.39, 0.29) is 42.6 Å². The van der Waals surface area contributed by atoms with Gasteiger partial charge >= 0.3 is 6.18 Å². The van der Waals surface area contributed by atoms with Crippen molar-refractivity contribution in [3.05, 3.63) is 71.9 Å². The van der Waals surface area contributed by atoms with Crippen LogP contribution in [0.25, 0.3) is 0 Å². The molecule has 2 aromatic carbocycles. The van der Waals surface area contributed by atoms with Crippen LogP contribution in [-0.2, 0) is 21.0 Å². The number of likely N-dealkylation sites (tertiary alicyclic amines) is 1. The molecule has 6 rings (SSSR count). The molecule has 0 spiro atoms. The molecule has 1 aromatic heterocycles. The molecule has 0 radical (unpaired) electrons. The number of nitrogens with one attached hydrogen (secondary N) is 1. The molecule has 3 atom stereocenters. The van der Waals surface area contributed by atoms with Gasteiger partial charge in [-0.1, -0.05) is 18.2 Å². The summed E-state index contributed by atoms with van der Waals surface area (Å²) in [5, 5.41) is 6.89. The van der Waals surface area contributed by atoms with Crippen molar-refractivity contribution in [3.63, 3.8) is 0 Å². The van der Waals surface area contributed by atoms with Crippen molar-refractivity contribution >= 4 is 28.0 Å². The quantitative estimate of drug-likeness (QED) is 0.276. The lowest BCUT2D eigenvalue weighted by Gasteiger charge is -2.48. The number of anilines is 2. The molecular weight excluding hydrogens is 618 g/mol. The van der Waals surface area contributed by atoms with Gasteiger partial charge in [0.15, 0.2) is 0 Å².